The third kappa shape index (κ3) is 1.96. The fourth-order valence-corrected chi connectivity index (χ4v) is 2.05. The lowest BCUT2D eigenvalue weighted by molar-refractivity contribution is 0.383. The first-order chi connectivity index (χ1) is 6.79. The predicted molar refractivity (Wildman–Crippen MR) is 56.8 cm³/mol. The molecule has 0 N–H and O–H groups in total. The molecule has 14 heavy (non-hydrogen) atoms. The van der Waals surface area contributed by atoms with Gasteiger partial charge in [-0.2, -0.15) is 4.98 Å². The van der Waals surface area contributed by atoms with E-state index in [1.165, 1.54) is 4.88 Å². The minimum atomic E-state index is 0.505. The minimum absolute atomic E-state index is 0.505. The molecule has 0 aromatic carbocycles. The molecule has 0 radical (unpaired) electrons. The number of aromatic nitrogens is 2. The number of aryl methyl sites for hydroxylation is 2. The maximum absolute atomic E-state index is 5.57. The van der Waals surface area contributed by atoms with Gasteiger partial charge >= 0.3 is 0 Å². The quantitative estimate of drug-likeness (QED) is 0.759. The van der Waals surface area contributed by atoms with Crippen molar-refractivity contribution in [2.24, 2.45) is 0 Å². The maximum Gasteiger partial charge on any atom is 0.228 e. The molecular formula is C9H9ClN2OS. The lowest BCUT2D eigenvalue weighted by Crippen LogP contribution is -1.84. The highest BCUT2D eigenvalue weighted by Gasteiger charge is 2.09. The Morgan fingerprint density at radius 1 is 1.50 bits per heavy atom. The van der Waals surface area contributed by atoms with Crippen LogP contribution in [-0.2, 0) is 6.42 Å². The Bertz CT molecular complexity index is 424. The van der Waals surface area contributed by atoms with E-state index in [1.807, 2.05) is 19.1 Å². The van der Waals surface area contributed by atoms with E-state index in [4.69, 9.17) is 16.1 Å². The van der Waals surface area contributed by atoms with E-state index in [-0.39, 0.29) is 0 Å². The van der Waals surface area contributed by atoms with Gasteiger partial charge < -0.3 is 4.52 Å². The Morgan fingerprint density at radius 2 is 2.36 bits per heavy atom. The lowest BCUT2D eigenvalue weighted by Gasteiger charge is -1.83. The fourth-order valence-electron chi connectivity index (χ4n) is 1.09. The first kappa shape index (κ1) is 9.68. The van der Waals surface area contributed by atoms with Crippen molar-refractivity contribution in [2.45, 2.75) is 13.3 Å². The van der Waals surface area contributed by atoms with Crippen LogP contribution in [0, 0.1) is 6.92 Å². The zero-order valence-electron chi connectivity index (χ0n) is 7.66. The summed E-state index contributed by atoms with van der Waals surface area (Å²) >= 11 is 7.22. The molecule has 0 spiro atoms. The molecule has 0 aliphatic rings. The van der Waals surface area contributed by atoms with Crippen molar-refractivity contribution in [3.05, 3.63) is 22.9 Å². The largest absolute Gasteiger partial charge is 0.339 e. The number of nitrogens with zero attached hydrogens (tertiary/aromatic N) is 2. The van der Waals surface area contributed by atoms with E-state index in [2.05, 4.69) is 10.1 Å². The molecule has 2 rings (SSSR count). The molecule has 0 aliphatic heterocycles. The molecule has 0 amide bonds. The minimum Gasteiger partial charge on any atom is -0.339 e. The average molecular weight is 229 g/mol. The van der Waals surface area contributed by atoms with Crippen molar-refractivity contribution in [1.29, 1.82) is 0 Å². The van der Waals surface area contributed by atoms with Gasteiger partial charge in [-0.25, -0.2) is 0 Å². The van der Waals surface area contributed by atoms with Crippen LogP contribution in [0.4, 0.5) is 0 Å². The topological polar surface area (TPSA) is 38.9 Å². The summed E-state index contributed by atoms with van der Waals surface area (Å²) in [6.45, 7) is 2.05. The van der Waals surface area contributed by atoms with Gasteiger partial charge in [0.05, 0.1) is 4.88 Å². The van der Waals surface area contributed by atoms with E-state index in [0.29, 0.717) is 24.0 Å². The highest BCUT2D eigenvalue weighted by Crippen LogP contribution is 2.24. The van der Waals surface area contributed by atoms with Crippen molar-refractivity contribution < 1.29 is 4.52 Å². The number of rotatable bonds is 3. The molecule has 5 heteroatoms. The molecule has 3 nitrogen and oxygen atoms in total. The Morgan fingerprint density at radius 3 is 3.00 bits per heavy atom. The third-order valence-electron chi connectivity index (χ3n) is 1.74. The highest BCUT2D eigenvalue weighted by atomic mass is 35.5. The van der Waals surface area contributed by atoms with Crippen LogP contribution >= 0.6 is 22.9 Å². The van der Waals surface area contributed by atoms with Crippen LogP contribution in [0.1, 0.15) is 10.8 Å². The highest BCUT2D eigenvalue weighted by molar-refractivity contribution is 7.15. The second-order valence-electron chi connectivity index (χ2n) is 2.86. The van der Waals surface area contributed by atoms with Gasteiger partial charge in [0, 0.05) is 17.2 Å². The maximum atomic E-state index is 5.57. The van der Waals surface area contributed by atoms with Gasteiger partial charge in [-0.3, -0.25) is 0 Å². The Kier molecular flexibility index (Phi) is 2.84. The zero-order chi connectivity index (χ0) is 9.97. The summed E-state index contributed by atoms with van der Waals surface area (Å²) in [5.74, 6) is 1.76. The van der Waals surface area contributed by atoms with E-state index in [1.54, 1.807) is 11.3 Å². The molecule has 0 unspecified atom stereocenters. The van der Waals surface area contributed by atoms with Gasteiger partial charge in [0.2, 0.25) is 11.7 Å². The summed E-state index contributed by atoms with van der Waals surface area (Å²) in [4.78, 5) is 6.51. The molecule has 74 valence electrons. The smallest absolute Gasteiger partial charge is 0.228 e. The molecule has 0 atom stereocenters. The van der Waals surface area contributed by atoms with E-state index >= 15 is 0 Å². The Balaban J connectivity index is 2.24. The van der Waals surface area contributed by atoms with Crippen molar-refractivity contribution in [3.8, 4) is 10.7 Å². The van der Waals surface area contributed by atoms with Crippen molar-refractivity contribution >= 4 is 22.9 Å². The molecule has 0 saturated carbocycles. The lowest BCUT2D eigenvalue weighted by atomic mass is 10.4. The van der Waals surface area contributed by atoms with Gasteiger partial charge in [-0.05, 0) is 19.1 Å². The molecule has 0 bridgehead atoms. The van der Waals surface area contributed by atoms with E-state index in [0.717, 1.165) is 4.88 Å². The number of hydrogen-bond acceptors (Lipinski definition) is 4. The first-order valence-corrected chi connectivity index (χ1v) is 5.60. The van der Waals surface area contributed by atoms with Crippen LogP contribution in [0.25, 0.3) is 10.7 Å². The van der Waals surface area contributed by atoms with Gasteiger partial charge in [-0.15, -0.1) is 22.9 Å². The summed E-state index contributed by atoms with van der Waals surface area (Å²) in [6, 6.07) is 4.03. The van der Waals surface area contributed by atoms with E-state index in [9.17, 15) is 0 Å². The zero-order valence-corrected chi connectivity index (χ0v) is 9.23. The standard InChI is InChI=1S/C9H9ClN2OS/c1-6-2-3-7(14-6)9-11-8(4-5-10)13-12-9/h2-3H,4-5H2,1H3. The van der Waals surface area contributed by atoms with Gasteiger partial charge in [0.25, 0.3) is 0 Å². The number of thiophene rings is 1. The summed E-state index contributed by atoms with van der Waals surface area (Å²) in [6.07, 6.45) is 0.624. The predicted octanol–water partition coefficient (Wildman–Crippen LogP) is 2.89. The van der Waals surface area contributed by atoms with Crippen LogP contribution in [0.2, 0.25) is 0 Å². The SMILES string of the molecule is Cc1ccc(-c2noc(CCCl)n2)s1. The van der Waals surface area contributed by atoms with E-state index < -0.39 is 0 Å². The molecule has 2 aromatic rings. The number of alkyl halides is 1. The summed E-state index contributed by atoms with van der Waals surface area (Å²) in [5, 5.41) is 3.88. The van der Waals surface area contributed by atoms with Crippen LogP contribution in [0.3, 0.4) is 0 Å². The molecule has 0 aliphatic carbocycles. The Hall–Kier alpha value is -0.870. The van der Waals surface area contributed by atoms with Crippen molar-refractivity contribution in [2.75, 3.05) is 5.88 Å². The summed E-state index contributed by atoms with van der Waals surface area (Å²) in [7, 11) is 0. The number of halogens is 1. The van der Waals surface area contributed by atoms with Crippen LogP contribution in [0.5, 0.6) is 0 Å². The summed E-state index contributed by atoms with van der Waals surface area (Å²) < 4.78 is 5.03. The second-order valence-corrected chi connectivity index (χ2v) is 4.53. The van der Waals surface area contributed by atoms with Crippen molar-refractivity contribution in [1.82, 2.24) is 10.1 Å². The molecule has 2 heterocycles. The normalized spacial score (nSPS) is 10.7. The number of hydrogen-bond donors (Lipinski definition) is 0. The van der Waals surface area contributed by atoms with Crippen LogP contribution < -0.4 is 0 Å². The van der Waals surface area contributed by atoms with Gasteiger partial charge in [0.1, 0.15) is 0 Å². The van der Waals surface area contributed by atoms with Gasteiger partial charge in [0.15, 0.2) is 0 Å². The molecule has 0 fully saturated rings. The second kappa shape index (κ2) is 4.11. The third-order valence-corrected chi connectivity index (χ3v) is 2.92. The summed E-state index contributed by atoms with van der Waals surface area (Å²) in [5.41, 5.74) is 0. The van der Waals surface area contributed by atoms with Crippen LogP contribution in [-0.4, -0.2) is 16.0 Å². The molecule has 0 saturated heterocycles. The van der Waals surface area contributed by atoms with Crippen molar-refractivity contribution in [3.63, 3.8) is 0 Å². The first-order valence-electron chi connectivity index (χ1n) is 4.25. The Labute approximate surface area is 90.7 Å². The monoisotopic (exact) mass is 228 g/mol. The van der Waals surface area contributed by atoms with Crippen LogP contribution in [0.15, 0.2) is 16.7 Å². The molecule has 2 aromatic heterocycles. The average Bonchev–Trinajstić information content (AvgIpc) is 2.74. The van der Waals surface area contributed by atoms with Gasteiger partial charge in [-0.1, -0.05) is 5.16 Å². The fraction of sp³-hybridized carbons (Fsp3) is 0.333. The molecular weight excluding hydrogens is 220 g/mol.